The monoisotopic (exact) mass is 470 g/mol. The van der Waals surface area contributed by atoms with E-state index in [-0.39, 0.29) is 5.78 Å². The summed E-state index contributed by atoms with van der Waals surface area (Å²) in [6.45, 7) is 5.33. The fourth-order valence-corrected chi connectivity index (χ4v) is 4.11. The third-order valence-corrected chi connectivity index (χ3v) is 5.63. The number of hydrogen-bond donors (Lipinski definition) is 1. The SMILES string of the molecule is COc1ccc(Br)c(C)c1C(=O)c1c(OC)c(C)cc(Br)c1C(C)O. The lowest BCUT2D eigenvalue weighted by Gasteiger charge is -2.21. The Morgan fingerprint density at radius 1 is 1.08 bits per heavy atom. The molecule has 1 atom stereocenters. The van der Waals surface area contributed by atoms with Crippen molar-refractivity contribution in [2.24, 2.45) is 0 Å². The van der Waals surface area contributed by atoms with Crippen LogP contribution in [-0.4, -0.2) is 25.1 Å². The Kier molecular flexibility index (Phi) is 6.30. The Hall–Kier alpha value is -1.37. The highest BCUT2D eigenvalue weighted by atomic mass is 79.9. The van der Waals surface area contributed by atoms with Gasteiger partial charge >= 0.3 is 0 Å². The molecule has 0 heterocycles. The average Bonchev–Trinajstić information content (AvgIpc) is 2.55. The molecule has 0 bridgehead atoms. The van der Waals surface area contributed by atoms with Crippen LogP contribution in [0.1, 0.15) is 45.6 Å². The molecule has 0 amide bonds. The van der Waals surface area contributed by atoms with Crippen molar-refractivity contribution >= 4 is 37.6 Å². The maximum atomic E-state index is 13.5. The molecule has 0 saturated heterocycles. The van der Waals surface area contributed by atoms with Gasteiger partial charge in [0.25, 0.3) is 0 Å². The van der Waals surface area contributed by atoms with Gasteiger partial charge in [-0.2, -0.15) is 0 Å². The highest BCUT2D eigenvalue weighted by Gasteiger charge is 2.28. The predicted octanol–water partition coefficient (Wildman–Crippen LogP) is 5.13. The topological polar surface area (TPSA) is 55.8 Å². The first-order valence-corrected chi connectivity index (χ1v) is 9.26. The molecule has 1 unspecified atom stereocenters. The Morgan fingerprint density at radius 2 is 1.72 bits per heavy atom. The van der Waals surface area contributed by atoms with Gasteiger partial charge in [-0.1, -0.05) is 31.9 Å². The van der Waals surface area contributed by atoms with Crippen molar-refractivity contribution < 1.29 is 19.4 Å². The Labute approximate surface area is 164 Å². The lowest BCUT2D eigenvalue weighted by Crippen LogP contribution is -2.14. The van der Waals surface area contributed by atoms with Gasteiger partial charge in [0, 0.05) is 14.5 Å². The molecule has 4 nitrogen and oxygen atoms in total. The zero-order valence-corrected chi connectivity index (χ0v) is 17.9. The molecule has 1 N–H and O–H groups in total. The van der Waals surface area contributed by atoms with Gasteiger partial charge in [0.05, 0.1) is 31.5 Å². The van der Waals surface area contributed by atoms with Gasteiger partial charge in [-0.15, -0.1) is 0 Å². The standard InChI is InChI=1S/C19H20Br2O4/c1-9-8-13(21)16(11(3)22)17(19(9)25-5)18(23)15-10(2)12(20)6-7-14(15)24-4/h6-8,11,22H,1-5H3. The fourth-order valence-electron chi connectivity index (χ4n) is 2.91. The van der Waals surface area contributed by atoms with Gasteiger partial charge in [-0.05, 0) is 50.1 Å². The third kappa shape index (κ3) is 3.61. The largest absolute Gasteiger partial charge is 0.496 e. The highest BCUT2D eigenvalue weighted by molar-refractivity contribution is 9.10. The van der Waals surface area contributed by atoms with Crippen molar-refractivity contribution in [2.75, 3.05) is 14.2 Å². The van der Waals surface area contributed by atoms with E-state index in [2.05, 4.69) is 31.9 Å². The minimum atomic E-state index is -0.846. The van der Waals surface area contributed by atoms with Crippen molar-refractivity contribution in [3.05, 3.63) is 55.0 Å². The second kappa shape index (κ2) is 7.89. The van der Waals surface area contributed by atoms with E-state index in [1.165, 1.54) is 14.2 Å². The number of halogens is 2. The van der Waals surface area contributed by atoms with E-state index in [9.17, 15) is 9.90 Å². The zero-order valence-electron chi connectivity index (χ0n) is 14.7. The Bertz CT molecular complexity index is 829. The summed E-state index contributed by atoms with van der Waals surface area (Å²) in [5.74, 6) is 0.667. The van der Waals surface area contributed by atoms with Crippen LogP contribution in [0.25, 0.3) is 0 Å². The molecule has 0 aliphatic rings. The first-order chi connectivity index (χ1) is 11.7. The van der Waals surface area contributed by atoms with Crippen molar-refractivity contribution in [1.29, 1.82) is 0 Å². The number of ketones is 1. The van der Waals surface area contributed by atoms with E-state index >= 15 is 0 Å². The fraction of sp³-hybridized carbons (Fsp3) is 0.316. The number of aliphatic hydroxyl groups is 1. The van der Waals surface area contributed by atoms with Crippen LogP contribution in [0, 0.1) is 13.8 Å². The molecule has 25 heavy (non-hydrogen) atoms. The van der Waals surface area contributed by atoms with Crippen LogP contribution in [0.3, 0.4) is 0 Å². The number of hydrogen-bond acceptors (Lipinski definition) is 4. The summed E-state index contributed by atoms with van der Waals surface area (Å²) in [4.78, 5) is 13.5. The molecule has 134 valence electrons. The minimum Gasteiger partial charge on any atom is -0.496 e. The van der Waals surface area contributed by atoms with Crippen LogP contribution in [-0.2, 0) is 0 Å². The van der Waals surface area contributed by atoms with E-state index in [4.69, 9.17) is 9.47 Å². The van der Waals surface area contributed by atoms with Gasteiger partial charge in [-0.25, -0.2) is 0 Å². The van der Waals surface area contributed by atoms with Crippen LogP contribution in [0.15, 0.2) is 27.1 Å². The van der Waals surface area contributed by atoms with E-state index in [1.54, 1.807) is 13.0 Å². The van der Waals surface area contributed by atoms with Gasteiger partial charge in [-0.3, -0.25) is 4.79 Å². The number of benzene rings is 2. The minimum absolute atomic E-state index is 0.257. The summed E-state index contributed by atoms with van der Waals surface area (Å²) in [5.41, 5.74) is 2.83. The third-order valence-electron chi connectivity index (χ3n) is 4.11. The number of aliphatic hydroxyl groups excluding tert-OH is 1. The summed E-state index contributed by atoms with van der Waals surface area (Å²) in [6.07, 6.45) is -0.846. The molecule has 0 radical (unpaired) electrons. The number of aryl methyl sites for hydroxylation is 1. The first-order valence-electron chi connectivity index (χ1n) is 7.67. The van der Waals surface area contributed by atoms with Crippen molar-refractivity contribution in [3.8, 4) is 11.5 Å². The summed E-state index contributed by atoms with van der Waals surface area (Å²) >= 11 is 6.93. The molecular formula is C19H20Br2O4. The van der Waals surface area contributed by atoms with E-state index in [0.29, 0.717) is 32.7 Å². The van der Waals surface area contributed by atoms with Gasteiger partial charge in [0.15, 0.2) is 0 Å². The summed E-state index contributed by atoms with van der Waals surface area (Å²) in [5, 5.41) is 10.3. The number of carbonyl (C=O) groups excluding carboxylic acids is 1. The smallest absolute Gasteiger partial charge is 0.201 e. The van der Waals surface area contributed by atoms with E-state index in [1.807, 2.05) is 26.0 Å². The summed E-state index contributed by atoms with van der Waals surface area (Å²) in [7, 11) is 3.04. The quantitative estimate of drug-likeness (QED) is 0.614. The van der Waals surface area contributed by atoms with Crippen LogP contribution in [0.2, 0.25) is 0 Å². The van der Waals surface area contributed by atoms with Gasteiger partial charge in [0.2, 0.25) is 5.78 Å². The lowest BCUT2D eigenvalue weighted by molar-refractivity contribution is 0.102. The molecule has 0 aliphatic heterocycles. The predicted molar refractivity (Wildman–Crippen MR) is 105 cm³/mol. The number of ether oxygens (including phenoxy) is 2. The van der Waals surface area contributed by atoms with Crippen LogP contribution in [0.5, 0.6) is 11.5 Å². The van der Waals surface area contributed by atoms with Crippen molar-refractivity contribution in [1.82, 2.24) is 0 Å². The second-order valence-electron chi connectivity index (χ2n) is 5.75. The normalized spacial score (nSPS) is 12.0. The molecule has 2 aromatic rings. The lowest BCUT2D eigenvalue weighted by atomic mass is 9.90. The molecule has 0 spiro atoms. The number of methoxy groups -OCH3 is 2. The zero-order chi connectivity index (χ0) is 18.9. The molecule has 0 saturated carbocycles. The molecule has 0 aliphatic carbocycles. The highest BCUT2D eigenvalue weighted by Crippen LogP contribution is 2.40. The molecule has 6 heteroatoms. The second-order valence-corrected chi connectivity index (χ2v) is 7.46. The number of carbonyl (C=O) groups is 1. The van der Waals surface area contributed by atoms with Crippen molar-refractivity contribution in [3.63, 3.8) is 0 Å². The number of rotatable bonds is 5. The van der Waals surface area contributed by atoms with Gasteiger partial charge < -0.3 is 14.6 Å². The van der Waals surface area contributed by atoms with Gasteiger partial charge in [0.1, 0.15) is 11.5 Å². The maximum absolute atomic E-state index is 13.5. The molecular weight excluding hydrogens is 452 g/mol. The Morgan fingerprint density at radius 3 is 2.24 bits per heavy atom. The van der Waals surface area contributed by atoms with E-state index < -0.39 is 6.10 Å². The molecule has 2 aromatic carbocycles. The first kappa shape index (κ1) is 19.9. The maximum Gasteiger partial charge on any atom is 0.201 e. The summed E-state index contributed by atoms with van der Waals surface area (Å²) < 4.78 is 12.4. The van der Waals surface area contributed by atoms with Crippen LogP contribution >= 0.6 is 31.9 Å². The molecule has 0 aromatic heterocycles. The average molecular weight is 472 g/mol. The van der Waals surface area contributed by atoms with E-state index in [0.717, 1.165) is 15.6 Å². The van der Waals surface area contributed by atoms with Crippen LogP contribution in [0.4, 0.5) is 0 Å². The summed E-state index contributed by atoms with van der Waals surface area (Å²) in [6, 6.07) is 5.41. The molecule has 0 fully saturated rings. The van der Waals surface area contributed by atoms with Crippen LogP contribution < -0.4 is 9.47 Å². The molecule has 2 rings (SSSR count). The Balaban J connectivity index is 2.87. The van der Waals surface area contributed by atoms with Crippen molar-refractivity contribution in [2.45, 2.75) is 26.9 Å².